The summed E-state index contributed by atoms with van der Waals surface area (Å²) in [5.74, 6) is 0. The summed E-state index contributed by atoms with van der Waals surface area (Å²) in [6.45, 7) is 0. The molecule has 0 bridgehead atoms. The molecule has 2 heterocycles. The molecule has 0 aliphatic carbocycles. The van der Waals surface area contributed by atoms with Gasteiger partial charge < -0.3 is 13.9 Å². The molecule has 2 aromatic heterocycles. The van der Waals surface area contributed by atoms with Crippen molar-refractivity contribution in [2.45, 2.75) is 0 Å². The molecule has 0 aliphatic heterocycles. The summed E-state index contributed by atoms with van der Waals surface area (Å²) in [5.41, 5.74) is 8.91. The van der Waals surface area contributed by atoms with Crippen LogP contribution in [0, 0.1) is 0 Å². The van der Waals surface area contributed by atoms with Gasteiger partial charge in [0.1, 0.15) is 11.2 Å². The second kappa shape index (κ2) is 12.6. The summed E-state index contributed by atoms with van der Waals surface area (Å²) in [4.78, 5) is 1.88. The van der Waals surface area contributed by atoms with Crippen LogP contribution < -0.4 is 4.90 Å². The number of furan rings is 1. The Morgan fingerprint density at radius 2 is 1.05 bits per heavy atom. The second-order valence-corrected chi connectivity index (χ2v) is 13.8. The van der Waals surface area contributed by atoms with E-state index in [-0.39, 0.29) is 35.5 Å². The van der Waals surface area contributed by atoms with Gasteiger partial charge in [0, 0.05) is 49.6 Å². The van der Waals surface area contributed by atoms with Crippen LogP contribution in [0.15, 0.2) is 211 Å². The first-order valence-electron chi connectivity index (χ1n) is 20.4. The molecule has 55 heavy (non-hydrogen) atoms. The van der Waals surface area contributed by atoms with Gasteiger partial charge in [-0.25, -0.2) is 0 Å². The number of para-hydroxylation sites is 3. The van der Waals surface area contributed by atoms with Crippen molar-refractivity contribution in [1.29, 1.82) is 0 Å². The van der Waals surface area contributed by atoms with Crippen molar-refractivity contribution in [1.82, 2.24) is 4.57 Å². The third kappa shape index (κ3) is 5.13. The standard InChI is InChI=1S/C52H34N2O/c1-2-12-35(13-3-1)36-22-26-39(27-23-36)53(40-28-30-41(31-29-40)54-49-20-10-7-17-44(49)45-18-8-11-21-50(45)54)48-19-9-6-15-42(48)38-25-33-51-47(34-38)46-32-24-37-14-4-5-16-43(37)52(46)55-51/h1-34H/i28D,29D,30D,31D. The van der Waals surface area contributed by atoms with E-state index in [1.165, 1.54) is 0 Å². The molecule has 258 valence electrons. The van der Waals surface area contributed by atoms with Crippen LogP contribution in [0.5, 0.6) is 0 Å². The minimum atomic E-state index is -0.145. The van der Waals surface area contributed by atoms with Crippen molar-refractivity contribution in [3.63, 3.8) is 0 Å². The fourth-order valence-corrected chi connectivity index (χ4v) is 8.09. The van der Waals surface area contributed by atoms with E-state index >= 15 is 0 Å². The van der Waals surface area contributed by atoms with Gasteiger partial charge in [0.15, 0.2) is 0 Å². The summed E-state index contributed by atoms with van der Waals surface area (Å²) in [7, 11) is 0. The molecule has 11 aromatic rings. The molecular weight excluding hydrogens is 669 g/mol. The second-order valence-electron chi connectivity index (χ2n) is 13.8. The van der Waals surface area contributed by atoms with E-state index in [4.69, 9.17) is 4.42 Å². The maximum Gasteiger partial charge on any atom is 0.143 e. The lowest BCUT2D eigenvalue weighted by Gasteiger charge is -2.28. The molecule has 0 radical (unpaired) electrons. The highest BCUT2D eigenvalue weighted by atomic mass is 16.3. The number of rotatable bonds is 6. The highest BCUT2D eigenvalue weighted by Gasteiger charge is 2.20. The third-order valence-electron chi connectivity index (χ3n) is 10.7. The van der Waals surface area contributed by atoms with Crippen molar-refractivity contribution in [3.05, 3.63) is 206 Å². The molecule has 0 aliphatic rings. The average Bonchev–Trinajstić information content (AvgIpc) is 3.84. The largest absolute Gasteiger partial charge is 0.455 e. The summed E-state index contributed by atoms with van der Waals surface area (Å²) in [6, 6.07) is 60.1. The monoisotopic (exact) mass is 706 g/mol. The lowest BCUT2D eigenvalue weighted by atomic mass is 9.98. The first-order chi connectivity index (χ1) is 29.0. The minimum Gasteiger partial charge on any atom is -0.455 e. The maximum atomic E-state index is 9.76. The van der Waals surface area contributed by atoms with E-state index in [0.717, 1.165) is 76.8 Å². The zero-order valence-corrected chi connectivity index (χ0v) is 29.6. The number of fused-ring (bicyclic) bond motifs is 8. The van der Waals surface area contributed by atoms with Crippen molar-refractivity contribution < 1.29 is 9.90 Å². The van der Waals surface area contributed by atoms with E-state index in [0.29, 0.717) is 11.4 Å². The topological polar surface area (TPSA) is 21.3 Å². The predicted octanol–water partition coefficient (Wildman–Crippen LogP) is 14.6. The fraction of sp³-hybridized carbons (Fsp3) is 0. The first-order valence-corrected chi connectivity index (χ1v) is 18.4. The summed E-state index contributed by atoms with van der Waals surface area (Å²) < 4.78 is 47.1. The van der Waals surface area contributed by atoms with Gasteiger partial charge in [0.2, 0.25) is 0 Å². The van der Waals surface area contributed by atoms with Crippen LogP contribution in [0.3, 0.4) is 0 Å². The highest BCUT2D eigenvalue weighted by molar-refractivity contribution is 6.16. The average molecular weight is 707 g/mol. The van der Waals surface area contributed by atoms with Crippen LogP contribution >= 0.6 is 0 Å². The summed E-state index contributed by atoms with van der Waals surface area (Å²) >= 11 is 0. The molecule has 0 atom stereocenters. The van der Waals surface area contributed by atoms with E-state index in [2.05, 4.69) is 42.5 Å². The lowest BCUT2D eigenvalue weighted by Crippen LogP contribution is -2.11. The Balaban J connectivity index is 1.14. The molecule has 0 saturated carbocycles. The van der Waals surface area contributed by atoms with E-state index < -0.39 is 0 Å². The normalized spacial score (nSPS) is 12.7. The van der Waals surface area contributed by atoms with Crippen molar-refractivity contribution in [2.24, 2.45) is 0 Å². The number of aromatic nitrogens is 1. The van der Waals surface area contributed by atoms with Crippen LogP contribution in [-0.2, 0) is 0 Å². The molecule has 0 saturated heterocycles. The van der Waals surface area contributed by atoms with Gasteiger partial charge >= 0.3 is 0 Å². The SMILES string of the molecule is [2H]c1c([2H])c(-n2c3ccccc3c3ccccc32)c([2H])c([2H])c1N(c1ccc(-c2ccccc2)cc1)c1ccccc1-c1ccc2oc3c4ccccc4ccc3c2c1. The summed E-state index contributed by atoms with van der Waals surface area (Å²) in [5, 5.41) is 6.13. The minimum absolute atomic E-state index is 0.130. The molecule has 3 nitrogen and oxygen atoms in total. The van der Waals surface area contributed by atoms with Gasteiger partial charge in [-0.1, -0.05) is 133 Å². The number of hydrogen-bond donors (Lipinski definition) is 0. The van der Waals surface area contributed by atoms with Crippen molar-refractivity contribution in [3.8, 4) is 27.9 Å². The van der Waals surface area contributed by atoms with E-state index in [9.17, 15) is 5.48 Å². The fourth-order valence-electron chi connectivity index (χ4n) is 8.09. The highest BCUT2D eigenvalue weighted by Crippen LogP contribution is 2.44. The number of nitrogens with zero attached hydrogens (tertiary/aromatic N) is 2. The molecule has 0 unspecified atom stereocenters. The third-order valence-corrected chi connectivity index (χ3v) is 10.7. The van der Waals surface area contributed by atoms with Crippen LogP contribution in [0.1, 0.15) is 5.48 Å². The van der Waals surface area contributed by atoms with Crippen LogP contribution in [0.4, 0.5) is 17.1 Å². The van der Waals surface area contributed by atoms with Gasteiger partial charge in [0.25, 0.3) is 0 Å². The van der Waals surface area contributed by atoms with Gasteiger partial charge in [-0.2, -0.15) is 0 Å². The molecule has 0 fully saturated rings. The first kappa shape index (κ1) is 27.3. The molecule has 9 aromatic carbocycles. The quantitative estimate of drug-likeness (QED) is 0.172. The van der Waals surface area contributed by atoms with Gasteiger partial charge in [-0.3, -0.25) is 0 Å². The molecular formula is C52H34N2O. The molecule has 11 rings (SSSR count). The van der Waals surface area contributed by atoms with Gasteiger partial charge in [-0.05, 0) is 94.8 Å². The Morgan fingerprint density at radius 3 is 1.82 bits per heavy atom. The maximum absolute atomic E-state index is 9.76. The number of anilines is 3. The van der Waals surface area contributed by atoms with Crippen molar-refractivity contribution in [2.75, 3.05) is 4.90 Å². The molecule has 0 N–H and O–H groups in total. The number of benzene rings is 9. The lowest BCUT2D eigenvalue weighted by molar-refractivity contribution is 0.672. The Labute approximate surface area is 324 Å². The molecule has 3 heteroatoms. The summed E-state index contributed by atoms with van der Waals surface area (Å²) in [6.07, 6.45) is 0. The van der Waals surface area contributed by atoms with Crippen LogP contribution in [-0.4, -0.2) is 4.57 Å². The van der Waals surface area contributed by atoms with E-state index in [1.807, 2.05) is 149 Å². The number of hydrogen-bond acceptors (Lipinski definition) is 2. The van der Waals surface area contributed by atoms with Crippen LogP contribution in [0.2, 0.25) is 0 Å². The van der Waals surface area contributed by atoms with Crippen LogP contribution in [0.25, 0.3) is 82.5 Å². The van der Waals surface area contributed by atoms with Gasteiger partial charge in [0.05, 0.1) is 22.2 Å². The molecule has 0 amide bonds. The zero-order chi connectivity index (χ0) is 39.8. The van der Waals surface area contributed by atoms with Gasteiger partial charge in [-0.15, -0.1) is 0 Å². The Hall–Kier alpha value is -7.36. The smallest absolute Gasteiger partial charge is 0.143 e. The zero-order valence-electron chi connectivity index (χ0n) is 33.6. The van der Waals surface area contributed by atoms with E-state index in [1.54, 1.807) is 0 Å². The Morgan fingerprint density at radius 1 is 0.436 bits per heavy atom. The Kier molecular flexibility index (Phi) is 6.27. The Bertz CT molecular complexity index is 3360. The predicted molar refractivity (Wildman–Crippen MR) is 231 cm³/mol. The van der Waals surface area contributed by atoms with Crippen molar-refractivity contribution >= 4 is 71.6 Å². The molecule has 0 spiro atoms.